The summed E-state index contributed by atoms with van der Waals surface area (Å²) in [7, 11) is 0. The number of pyridine rings is 1. The Morgan fingerprint density at radius 1 is 1.03 bits per heavy atom. The van der Waals surface area contributed by atoms with Crippen molar-refractivity contribution in [3.63, 3.8) is 0 Å². The molecular weight excluding hydrogens is 428 g/mol. The van der Waals surface area contributed by atoms with Crippen molar-refractivity contribution in [1.29, 1.82) is 0 Å². The van der Waals surface area contributed by atoms with Gasteiger partial charge in [-0.2, -0.15) is 0 Å². The van der Waals surface area contributed by atoms with Crippen LogP contribution in [0.25, 0.3) is 0 Å². The SMILES string of the molecule is C=C(NC(c1ccc(C)cc1)c1ccccn1)C1CCN(CCCc2c(F)cccc2F)CC1. The van der Waals surface area contributed by atoms with Crippen LogP contribution < -0.4 is 5.32 Å². The van der Waals surface area contributed by atoms with E-state index in [4.69, 9.17) is 0 Å². The van der Waals surface area contributed by atoms with Gasteiger partial charge >= 0.3 is 0 Å². The molecule has 1 N–H and O–H groups in total. The van der Waals surface area contributed by atoms with Crippen molar-refractivity contribution in [2.75, 3.05) is 19.6 Å². The van der Waals surface area contributed by atoms with Crippen molar-refractivity contribution < 1.29 is 8.78 Å². The van der Waals surface area contributed by atoms with E-state index < -0.39 is 11.6 Å². The largest absolute Gasteiger partial charge is 0.376 e. The fraction of sp³-hybridized carbons (Fsp3) is 0.345. The molecule has 2 aromatic carbocycles. The summed E-state index contributed by atoms with van der Waals surface area (Å²) in [6.45, 7) is 9.25. The summed E-state index contributed by atoms with van der Waals surface area (Å²) in [6, 6.07) is 18.6. The smallest absolute Gasteiger partial charge is 0.129 e. The van der Waals surface area contributed by atoms with E-state index >= 15 is 0 Å². The van der Waals surface area contributed by atoms with Crippen LogP contribution >= 0.6 is 0 Å². The molecule has 3 nitrogen and oxygen atoms in total. The van der Waals surface area contributed by atoms with Crippen LogP contribution in [0.4, 0.5) is 8.78 Å². The fourth-order valence-corrected chi connectivity index (χ4v) is 4.69. The molecule has 1 unspecified atom stereocenters. The molecule has 1 aromatic heterocycles. The van der Waals surface area contributed by atoms with Gasteiger partial charge in [0.1, 0.15) is 11.6 Å². The predicted octanol–water partition coefficient (Wildman–Crippen LogP) is 6.21. The Morgan fingerprint density at radius 2 is 1.74 bits per heavy atom. The van der Waals surface area contributed by atoms with E-state index in [0.717, 1.165) is 50.3 Å². The molecule has 1 saturated heterocycles. The molecule has 1 aliphatic rings. The van der Waals surface area contributed by atoms with Crippen LogP contribution in [0.1, 0.15) is 47.7 Å². The van der Waals surface area contributed by atoms with Crippen LogP contribution in [-0.4, -0.2) is 29.5 Å². The molecule has 178 valence electrons. The Kier molecular flexibility index (Phi) is 8.07. The van der Waals surface area contributed by atoms with Crippen LogP contribution in [-0.2, 0) is 6.42 Å². The maximum Gasteiger partial charge on any atom is 0.129 e. The van der Waals surface area contributed by atoms with Gasteiger partial charge in [-0.1, -0.05) is 48.5 Å². The fourth-order valence-electron chi connectivity index (χ4n) is 4.69. The average Bonchev–Trinajstić information content (AvgIpc) is 2.86. The topological polar surface area (TPSA) is 28.2 Å². The van der Waals surface area contributed by atoms with Gasteiger partial charge in [0.25, 0.3) is 0 Å². The quantitative estimate of drug-likeness (QED) is 0.411. The van der Waals surface area contributed by atoms with Crippen molar-refractivity contribution in [2.24, 2.45) is 5.92 Å². The summed E-state index contributed by atoms with van der Waals surface area (Å²) in [5, 5.41) is 3.67. The highest BCUT2D eigenvalue weighted by atomic mass is 19.1. The number of hydrogen-bond donors (Lipinski definition) is 1. The summed E-state index contributed by atoms with van der Waals surface area (Å²) < 4.78 is 27.7. The third-order valence-electron chi connectivity index (χ3n) is 6.77. The zero-order valence-corrected chi connectivity index (χ0v) is 19.8. The zero-order chi connectivity index (χ0) is 23.9. The highest BCUT2D eigenvalue weighted by Crippen LogP contribution is 2.28. The van der Waals surface area contributed by atoms with E-state index in [-0.39, 0.29) is 11.6 Å². The van der Waals surface area contributed by atoms with Gasteiger partial charge in [-0.25, -0.2) is 8.78 Å². The van der Waals surface area contributed by atoms with E-state index in [9.17, 15) is 8.78 Å². The van der Waals surface area contributed by atoms with E-state index in [2.05, 4.69) is 53.0 Å². The number of likely N-dealkylation sites (tertiary alicyclic amines) is 1. The van der Waals surface area contributed by atoms with Gasteiger partial charge in [0.2, 0.25) is 0 Å². The molecule has 3 aromatic rings. The lowest BCUT2D eigenvalue weighted by atomic mass is 9.92. The number of aryl methyl sites for hydroxylation is 1. The van der Waals surface area contributed by atoms with Crippen molar-refractivity contribution in [3.05, 3.63) is 113 Å². The van der Waals surface area contributed by atoms with Crippen molar-refractivity contribution in [1.82, 2.24) is 15.2 Å². The lowest BCUT2D eigenvalue weighted by Crippen LogP contribution is -2.37. The first-order chi connectivity index (χ1) is 16.5. The molecule has 1 aliphatic heterocycles. The van der Waals surface area contributed by atoms with Gasteiger partial charge in [0, 0.05) is 23.4 Å². The molecule has 5 heteroatoms. The van der Waals surface area contributed by atoms with Gasteiger partial charge in [-0.05, 0) is 82.1 Å². The standard InChI is InChI=1S/C29H33F2N3/c1-21-11-13-24(14-12-21)29(28-10-3-4-17-32-28)33-22(2)23-15-19-34(20-16-23)18-6-7-25-26(30)8-5-9-27(25)31/h3-5,8-14,17,23,29,33H,2,6-7,15-16,18-20H2,1H3. The normalized spacial score (nSPS) is 15.7. The maximum atomic E-state index is 13.9. The summed E-state index contributed by atoms with van der Waals surface area (Å²) in [5.74, 6) is -0.508. The van der Waals surface area contributed by atoms with Gasteiger partial charge < -0.3 is 10.2 Å². The summed E-state index contributed by atoms with van der Waals surface area (Å²) in [6.07, 6.45) is 5.03. The van der Waals surface area contributed by atoms with E-state index in [1.807, 2.05) is 24.4 Å². The number of nitrogens with one attached hydrogen (secondary N) is 1. The van der Waals surface area contributed by atoms with Crippen LogP contribution in [0.3, 0.4) is 0 Å². The van der Waals surface area contributed by atoms with E-state index in [0.29, 0.717) is 12.3 Å². The number of hydrogen-bond acceptors (Lipinski definition) is 3. The maximum absolute atomic E-state index is 13.9. The number of allylic oxidation sites excluding steroid dienone is 1. The summed E-state index contributed by atoms with van der Waals surface area (Å²) in [5.41, 5.74) is 4.62. The number of rotatable bonds is 9. The highest BCUT2D eigenvalue weighted by molar-refractivity contribution is 5.31. The molecule has 0 aliphatic carbocycles. The number of piperidine rings is 1. The molecule has 4 rings (SSSR count). The Balaban J connectivity index is 1.31. The molecule has 34 heavy (non-hydrogen) atoms. The predicted molar refractivity (Wildman–Crippen MR) is 133 cm³/mol. The van der Waals surface area contributed by atoms with Crippen molar-refractivity contribution in [2.45, 2.75) is 38.6 Å². The van der Waals surface area contributed by atoms with Crippen LogP contribution in [0.2, 0.25) is 0 Å². The number of nitrogens with zero attached hydrogens (tertiary/aromatic N) is 2. The third-order valence-corrected chi connectivity index (χ3v) is 6.77. The number of benzene rings is 2. The molecule has 1 fully saturated rings. The highest BCUT2D eigenvalue weighted by Gasteiger charge is 2.24. The van der Waals surface area contributed by atoms with Gasteiger partial charge in [-0.3, -0.25) is 4.98 Å². The lowest BCUT2D eigenvalue weighted by Gasteiger charge is -2.34. The van der Waals surface area contributed by atoms with Crippen LogP contribution in [0, 0.1) is 24.5 Å². The average molecular weight is 462 g/mol. The van der Waals surface area contributed by atoms with Crippen LogP contribution in [0.15, 0.2) is 79.1 Å². The third kappa shape index (κ3) is 6.09. The van der Waals surface area contributed by atoms with Gasteiger partial charge in [0.15, 0.2) is 0 Å². The van der Waals surface area contributed by atoms with Crippen molar-refractivity contribution in [3.8, 4) is 0 Å². The molecule has 1 atom stereocenters. The molecule has 0 spiro atoms. The van der Waals surface area contributed by atoms with Gasteiger partial charge in [0.05, 0.1) is 11.7 Å². The molecule has 0 radical (unpaired) electrons. The summed E-state index contributed by atoms with van der Waals surface area (Å²) in [4.78, 5) is 6.98. The molecule has 0 saturated carbocycles. The first kappa shape index (κ1) is 24.1. The Hall–Kier alpha value is -3.05. The second-order valence-corrected chi connectivity index (χ2v) is 9.19. The number of halogens is 2. The van der Waals surface area contributed by atoms with Crippen LogP contribution in [0.5, 0.6) is 0 Å². The minimum absolute atomic E-state index is 0.0389. The minimum Gasteiger partial charge on any atom is -0.376 e. The lowest BCUT2D eigenvalue weighted by molar-refractivity contribution is 0.193. The summed E-state index contributed by atoms with van der Waals surface area (Å²) >= 11 is 0. The zero-order valence-electron chi connectivity index (χ0n) is 19.8. The Labute approximate surface area is 201 Å². The molecule has 2 heterocycles. The Morgan fingerprint density at radius 3 is 2.38 bits per heavy atom. The Bertz CT molecular complexity index is 1050. The van der Waals surface area contributed by atoms with Gasteiger partial charge in [-0.15, -0.1) is 0 Å². The molecule has 0 bridgehead atoms. The van der Waals surface area contributed by atoms with E-state index in [1.165, 1.54) is 29.3 Å². The second-order valence-electron chi connectivity index (χ2n) is 9.19. The molecule has 0 amide bonds. The monoisotopic (exact) mass is 461 g/mol. The first-order valence-electron chi connectivity index (χ1n) is 12.1. The second kappa shape index (κ2) is 11.4. The van der Waals surface area contributed by atoms with E-state index in [1.54, 1.807) is 0 Å². The van der Waals surface area contributed by atoms with Crippen molar-refractivity contribution >= 4 is 0 Å². The molecular formula is C29H33F2N3. The minimum atomic E-state index is -0.447. The number of aromatic nitrogens is 1. The first-order valence-corrected chi connectivity index (χ1v) is 12.1.